The highest BCUT2D eigenvalue weighted by atomic mass is 19.2. The summed E-state index contributed by atoms with van der Waals surface area (Å²) in [5, 5.41) is 0. The molecule has 1 aromatic rings. The van der Waals surface area contributed by atoms with Crippen LogP contribution in [0.5, 0.6) is 0 Å². The third-order valence-corrected chi connectivity index (χ3v) is 3.08. The van der Waals surface area contributed by atoms with Gasteiger partial charge in [0, 0.05) is 0 Å². The molecule has 7 heteroatoms. The van der Waals surface area contributed by atoms with Crippen LogP contribution in [0.1, 0.15) is 32.8 Å². The van der Waals surface area contributed by atoms with Gasteiger partial charge in [0.25, 0.3) is 0 Å². The first-order chi connectivity index (χ1) is 9.13. The van der Waals surface area contributed by atoms with Crippen molar-refractivity contribution in [1.82, 2.24) is 0 Å². The predicted octanol–water partition coefficient (Wildman–Crippen LogP) is 3.86. The third kappa shape index (κ3) is 2.91. The van der Waals surface area contributed by atoms with Gasteiger partial charge in [-0.1, -0.05) is 6.92 Å². The highest BCUT2D eigenvalue weighted by molar-refractivity contribution is 5.75. The fraction of sp³-hybridized carbons (Fsp3) is 0.462. The van der Waals surface area contributed by atoms with Crippen LogP contribution in [0.15, 0.2) is 0 Å². The summed E-state index contributed by atoms with van der Waals surface area (Å²) in [6.07, 6.45) is 0.392. The van der Waals surface area contributed by atoms with Crippen LogP contribution in [-0.4, -0.2) is 5.97 Å². The minimum absolute atomic E-state index is 0.392. The van der Waals surface area contributed by atoms with Gasteiger partial charge >= 0.3 is 5.97 Å². The molecule has 0 saturated heterocycles. The molecular formula is C13H13F5O2. The highest BCUT2D eigenvalue weighted by Gasteiger charge is 2.30. The zero-order valence-corrected chi connectivity index (χ0v) is 11.1. The van der Waals surface area contributed by atoms with Gasteiger partial charge in [-0.2, -0.15) is 0 Å². The van der Waals surface area contributed by atoms with E-state index in [1.165, 1.54) is 13.8 Å². The van der Waals surface area contributed by atoms with Gasteiger partial charge in [-0.15, -0.1) is 0 Å². The van der Waals surface area contributed by atoms with Gasteiger partial charge in [0.05, 0.1) is 11.0 Å². The molecule has 20 heavy (non-hydrogen) atoms. The van der Waals surface area contributed by atoms with Gasteiger partial charge in [0.15, 0.2) is 23.3 Å². The molecule has 0 unspecified atom stereocenters. The van der Waals surface area contributed by atoms with E-state index >= 15 is 0 Å². The Morgan fingerprint density at radius 1 is 0.950 bits per heavy atom. The highest BCUT2D eigenvalue weighted by Crippen LogP contribution is 2.26. The molecule has 0 atom stereocenters. The Labute approximate surface area is 112 Å². The Morgan fingerprint density at radius 3 is 1.75 bits per heavy atom. The summed E-state index contributed by atoms with van der Waals surface area (Å²) in [4.78, 5) is 11.6. The average molecular weight is 296 g/mol. The van der Waals surface area contributed by atoms with E-state index < -0.39 is 52.6 Å². The van der Waals surface area contributed by atoms with Gasteiger partial charge in [-0.25, -0.2) is 22.0 Å². The fourth-order valence-corrected chi connectivity index (χ4v) is 1.25. The van der Waals surface area contributed by atoms with Crippen molar-refractivity contribution in [3.8, 4) is 0 Å². The lowest BCUT2D eigenvalue weighted by Crippen LogP contribution is -2.26. The maximum Gasteiger partial charge on any atom is 0.311 e. The predicted molar refractivity (Wildman–Crippen MR) is 60.1 cm³/mol. The Morgan fingerprint density at radius 2 is 1.35 bits per heavy atom. The number of ether oxygens (including phenoxy) is 1. The summed E-state index contributed by atoms with van der Waals surface area (Å²) in [5.74, 6) is -11.2. The summed E-state index contributed by atoms with van der Waals surface area (Å²) in [5.41, 5.74) is -2.08. The van der Waals surface area contributed by atoms with Crippen molar-refractivity contribution in [2.45, 2.75) is 33.8 Å². The quantitative estimate of drug-likeness (QED) is 0.365. The molecule has 0 aromatic heterocycles. The van der Waals surface area contributed by atoms with Crippen molar-refractivity contribution in [3.63, 3.8) is 0 Å². The standard InChI is InChI=1S/C13H13F5O2/c1-4-13(2,3)12(19)20-5-6-7(14)9(16)11(18)10(17)8(6)15/h4-5H2,1-3H3. The number of hydrogen-bond acceptors (Lipinski definition) is 2. The van der Waals surface area contributed by atoms with Crippen molar-refractivity contribution in [2.24, 2.45) is 5.41 Å². The lowest BCUT2D eigenvalue weighted by molar-refractivity contribution is -0.155. The Bertz CT molecular complexity index is 511. The molecule has 0 heterocycles. The van der Waals surface area contributed by atoms with E-state index in [1.807, 2.05) is 0 Å². The second-order valence-electron chi connectivity index (χ2n) is 4.86. The molecule has 112 valence electrons. The SMILES string of the molecule is CCC(C)(C)C(=O)OCc1c(F)c(F)c(F)c(F)c1F. The van der Waals surface area contributed by atoms with E-state index in [-0.39, 0.29) is 0 Å². The molecular weight excluding hydrogens is 283 g/mol. The smallest absolute Gasteiger partial charge is 0.311 e. The van der Waals surface area contributed by atoms with Crippen molar-refractivity contribution < 1.29 is 31.5 Å². The van der Waals surface area contributed by atoms with Crippen LogP contribution in [0, 0.1) is 34.5 Å². The van der Waals surface area contributed by atoms with E-state index in [0.717, 1.165) is 0 Å². The van der Waals surface area contributed by atoms with Crippen LogP contribution in [0.3, 0.4) is 0 Å². The molecule has 0 fully saturated rings. The number of esters is 1. The summed E-state index contributed by atoms with van der Waals surface area (Å²) < 4.78 is 69.9. The molecule has 0 spiro atoms. The Hall–Kier alpha value is -1.66. The summed E-state index contributed by atoms with van der Waals surface area (Å²) >= 11 is 0. The van der Waals surface area contributed by atoms with Gasteiger partial charge in [0.1, 0.15) is 6.61 Å². The molecule has 1 rings (SSSR count). The normalized spacial score (nSPS) is 11.6. The van der Waals surface area contributed by atoms with E-state index in [4.69, 9.17) is 0 Å². The average Bonchev–Trinajstić information content (AvgIpc) is 2.42. The molecule has 0 radical (unpaired) electrons. The molecule has 0 bridgehead atoms. The number of carbonyl (C=O) groups excluding carboxylic acids is 1. The molecule has 0 saturated carbocycles. The van der Waals surface area contributed by atoms with Gasteiger partial charge in [-0.05, 0) is 20.3 Å². The monoisotopic (exact) mass is 296 g/mol. The minimum Gasteiger partial charge on any atom is -0.460 e. The number of carbonyl (C=O) groups is 1. The molecule has 0 N–H and O–H groups in total. The summed E-state index contributed by atoms with van der Waals surface area (Å²) in [6, 6.07) is 0. The van der Waals surface area contributed by atoms with Crippen LogP contribution >= 0.6 is 0 Å². The zero-order valence-electron chi connectivity index (χ0n) is 11.1. The van der Waals surface area contributed by atoms with E-state index in [1.54, 1.807) is 6.92 Å². The van der Waals surface area contributed by atoms with Crippen molar-refractivity contribution in [1.29, 1.82) is 0 Å². The summed E-state index contributed by atoms with van der Waals surface area (Å²) in [6.45, 7) is 3.75. The Balaban J connectivity index is 3.04. The maximum absolute atomic E-state index is 13.3. The van der Waals surface area contributed by atoms with Crippen LogP contribution in [-0.2, 0) is 16.1 Å². The van der Waals surface area contributed by atoms with Crippen molar-refractivity contribution in [3.05, 3.63) is 34.6 Å². The van der Waals surface area contributed by atoms with Crippen LogP contribution < -0.4 is 0 Å². The molecule has 0 aliphatic carbocycles. The van der Waals surface area contributed by atoms with E-state index in [2.05, 4.69) is 4.74 Å². The van der Waals surface area contributed by atoms with E-state index in [9.17, 15) is 26.7 Å². The third-order valence-electron chi connectivity index (χ3n) is 3.08. The Kier molecular flexibility index (Phi) is 4.73. The van der Waals surface area contributed by atoms with E-state index in [0.29, 0.717) is 6.42 Å². The fourth-order valence-electron chi connectivity index (χ4n) is 1.25. The van der Waals surface area contributed by atoms with Gasteiger partial charge in [0.2, 0.25) is 5.82 Å². The molecule has 2 nitrogen and oxygen atoms in total. The number of hydrogen-bond donors (Lipinski definition) is 0. The first-order valence-electron chi connectivity index (χ1n) is 5.81. The molecule has 0 aliphatic heterocycles. The van der Waals surface area contributed by atoms with Crippen LogP contribution in [0.2, 0.25) is 0 Å². The first kappa shape index (κ1) is 16.4. The second-order valence-corrected chi connectivity index (χ2v) is 4.86. The second kappa shape index (κ2) is 5.76. The maximum atomic E-state index is 13.3. The van der Waals surface area contributed by atoms with Crippen molar-refractivity contribution in [2.75, 3.05) is 0 Å². The number of halogens is 5. The summed E-state index contributed by atoms with van der Waals surface area (Å²) in [7, 11) is 0. The largest absolute Gasteiger partial charge is 0.460 e. The first-order valence-corrected chi connectivity index (χ1v) is 5.81. The molecule has 0 amide bonds. The van der Waals surface area contributed by atoms with Crippen molar-refractivity contribution >= 4 is 5.97 Å². The lowest BCUT2D eigenvalue weighted by Gasteiger charge is -2.20. The molecule has 1 aromatic carbocycles. The molecule has 0 aliphatic rings. The number of rotatable bonds is 4. The topological polar surface area (TPSA) is 26.3 Å². The van der Waals surface area contributed by atoms with Gasteiger partial charge in [-0.3, -0.25) is 4.79 Å². The number of benzene rings is 1. The zero-order chi connectivity index (χ0) is 15.7. The van der Waals surface area contributed by atoms with Crippen LogP contribution in [0.4, 0.5) is 22.0 Å². The van der Waals surface area contributed by atoms with Crippen LogP contribution in [0.25, 0.3) is 0 Å². The lowest BCUT2D eigenvalue weighted by atomic mass is 9.91. The minimum atomic E-state index is -2.25. The van der Waals surface area contributed by atoms with Gasteiger partial charge < -0.3 is 4.74 Å².